The summed E-state index contributed by atoms with van der Waals surface area (Å²) in [6.45, 7) is 4.26. The van der Waals surface area contributed by atoms with Gasteiger partial charge in [-0.2, -0.15) is 10.5 Å². The molecule has 0 fully saturated rings. The standard InChI is InChI=1S/C21H21ClN2O2/c1-21(2)10-15(7-16(11-21)17(12-23)13-24)6-5-14-8-18(22)20(26-4)19(9-14)25-3/h5-9H,10-11H2,1-4H3/b6-5+. The zero-order valence-corrected chi connectivity index (χ0v) is 16.1. The zero-order chi connectivity index (χ0) is 19.3. The Morgan fingerprint density at radius 3 is 2.38 bits per heavy atom. The lowest BCUT2D eigenvalue weighted by Gasteiger charge is -2.30. The van der Waals surface area contributed by atoms with Gasteiger partial charge >= 0.3 is 0 Å². The fourth-order valence-electron chi connectivity index (χ4n) is 3.13. The van der Waals surface area contributed by atoms with Crippen LogP contribution in [0.3, 0.4) is 0 Å². The van der Waals surface area contributed by atoms with E-state index >= 15 is 0 Å². The molecule has 0 atom stereocenters. The molecule has 1 aliphatic carbocycles. The maximum Gasteiger partial charge on any atom is 0.179 e. The molecule has 1 aromatic rings. The summed E-state index contributed by atoms with van der Waals surface area (Å²) in [5, 5.41) is 18.8. The average molecular weight is 369 g/mol. The van der Waals surface area contributed by atoms with E-state index in [4.69, 9.17) is 31.6 Å². The fourth-order valence-corrected chi connectivity index (χ4v) is 3.43. The number of halogens is 1. The number of nitrogens with zero attached hydrogens (tertiary/aromatic N) is 2. The highest BCUT2D eigenvalue weighted by Gasteiger charge is 2.26. The Bertz CT molecular complexity index is 864. The Balaban J connectivity index is 2.41. The van der Waals surface area contributed by atoms with Gasteiger partial charge in [-0.05, 0) is 47.1 Å². The van der Waals surface area contributed by atoms with Crippen LogP contribution in [-0.2, 0) is 0 Å². The monoisotopic (exact) mass is 368 g/mol. The number of ether oxygens (including phenoxy) is 2. The average Bonchev–Trinajstić information content (AvgIpc) is 2.59. The van der Waals surface area contributed by atoms with Gasteiger partial charge in [0.05, 0.1) is 19.2 Å². The predicted molar refractivity (Wildman–Crippen MR) is 103 cm³/mol. The van der Waals surface area contributed by atoms with Gasteiger partial charge in [-0.1, -0.05) is 43.7 Å². The van der Waals surface area contributed by atoms with Gasteiger partial charge in [-0.25, -0.2) is 0 Å². The van der Waals surface area contributed by atoms with Gasteiger partial charge in [0.2, 0.25) is 0 Å². The van der Waals surface area contributed by atoms with E-state index in [0.29, 0.717) is 22.9 Å². The molecule has 4 nitrogen and oxygen atoms in total. The van der Waals surface area contributed by atoms with E-state index < -0.39 is 0 Å². The van der Waals surface area contributed by atoms with Gasteiger partial charge in [-0.15, -0.1) is 0 Å². The molecule has 0 bridgehead atoms. The lowest BCUT2D eigenvalue weighted by atomic mass is 9.74. The molecule has 0 radical (unpaired) electrons. The second-order valence-electron chi connectivity index (χ2n) is 6.93. The van der Waals surface area contributed by atoms with E-state index in [2.05, 4.69) is 13.8 Å². The van der Waals surface area contributed by atoms with Crippen molar-refractivity contribution in [1.82, 2.24) is 0 Å². The fraction of sp³-hybridized carbons (Fsp3) is 0.333. The third-order valence-electron chi connectivity index (χ3n) is 4.20. The van der Waals surface area contributed by atoms with Crippen LogP contribution in [0.1, 0.15) is 32.3 Å². The SMILES string of the molecule is COc1cc(/C=C/C2=CC(=C(C#N)C#N)CC(C)(C)C2)cc(Cl)c1OC. The number of methoxy groups -OCH3 is 2. The van der Waals surface area contributed by atoms with Crippen molar-refractivity contribution in [1.29, 1.82) is 10.5 Å². The van der Waals surface area contributed by atoms with Gasteiger partial charge in [-0.3, -0.25) is 0 Å². The van der Waals surface area contributed by atoms with E-state index in [1.807, 2.05) is 36.4 Å². The normalized spacial score (nSPS) is 15.8. The van der Waals surface area contributed by atoms with Crippen LogP contribution in [0.25, 0.3) is 6.08 Å². The summed E-state index contributed by atoms with van der Waals surface area (Å²) >= 11 is 6.25. The minimum atomic E-state index is -0.0159. The molecule has 0 N–H and O–H groups in total. The first kappa shape index (κ1) is 19.6. The summed E-state index contributed by atoms with van der Waals surface area (Å²) in [5.41, 5.74) is 2.89. The van der Waals surface area contributed by atoms with Crippen molar-refractivity contribution in [3.05, 3.63) is 51.6 Å². The predicted octanol–water partition coefficient (Wildman–Crippen LogP) is 5.46. The molecule has 1 aliphatic rings. The van der Waals surface area contributed by atoms with E-state index in [1.54, 1.807) is 20.3 Å². The van der Waals surface area contributed by atoms with Crippen LogP contribution in [0.2, 0.25) is 5.02 Å². The van der Waals surface area contributed by atoms with E-state index in [1.165, 1.54) is 0 Å². The number of nitriles is 2. The Hall–Kier alpha value is -2.69. The van der Waals surface area contributed by atoms with Crippen LogP contribution < -0.4 is 9.47 Å². The lowest BCUT2D eigenvalue weighted by Crippen LogP contribution is -2.17. The maximum absolute atomic E-state index is 9.16. The van der Waals surface area contributed by atoms with Crippen molar-refractivity contribution in [3.8, 4) is 23.6 Å². The van der Waals surface area contributed by atoms with Crippen molar-refractivity contribution >= 4 is 17.7 Å². The zero-order valence-electron chi connectivity index (χ0n) is 15.4. The summed E-state index contributed by atoms with van der Waals surface area (Å²) in [7, 11) is 3.11. The van der Waals surface area contributed by atoms with Crippen molar-refractivity contribution in [2.24, 2.45) is 5.41 Å². The van der Waals surface area contributed by atoms with Gasteiger partial charge in [0.15, 0.2) is 11.5 Å². The van der Waals surface area contributed by atoms with E-state index in [0.717, 1.165) is 23.1 Å². The minimum absolute atomic E-state index is 0.0159. The Kier molecular flexibility index (Phi) is 6.14. The molecule has 134 valence electrons. The molecule has 0 heterocycles. The summed E-state index contributed by atoms with van der Waals surface area (Å²) in [4.78, 5) is 0. The molecule has 0 saturated carbocycles. The Morgan fingerprint density at radius 1 is 1.12 bits per heavy atom. The second-order valence-corrected chi connectivity index (χ2v) is 7.34. The number of benzene rings is 1. The smallest absolute Gasteiger partial charge is 0.179 e. The molecule has 0 aromatic heterocycles. The van der Waals surface area contributed by atoms with Gasteiger partial charge in [0.25, 0.3) is 0 Å². The maximum atomic E-state index is 9.16. The van der Waals surface area contributed by atoms with E-state index in [-0.39, 0.29) is 11.0 Å². The third-order valence-corrected chi connectivity index (χ3v) is 4.48. The number of rotatable bonds is 4. The van der Waals surface area contributed by atoms with Crippen LogP contribution >= 0.6 is 11.6 Å². The number of hydrogen-bond acceptors (Lipinski definition) is 4. The first-order valence-corrected chi connectivity index (χ1v) is 8.55. The summed E-state index contributed by atoms with van der Waals surface area (Å²) in [5.74, 6) is 1.07. The van der Waals surface area contributed by atoms with Crippen molar-refractivity contribution in [2.75, 3.05) is 14.2 Å². The molecule has 0 aliphatic heterocycles. The van der Waals surface area contributed by atoms with Crippen molar-refractivity contribution < 1.29 is 9.47 Å². The first-order valence-electron chi connectivity index (χ1n) is 8.17. The van der Waals surface area contributed by atoms with E-state index in [9.17, 15) is 0 Å². The summed E-state index contributed by atoms with van der Waals surface area (Å²) < 4.78 is 10.6. The van der Waals surface area contributed by atoms with Crippen molar-refractivity contribution in [2.45, 2.75) is 26.7 Å². The molecule has 5 heteroatoms. The van der Waals surface area contributed by atoms with Crippen LogP contribution in [0, 0.1) is 28.1 Å². The van der Waals surface area contributed by atoms with Crippen LogP contribution in [0.5, 0.6) is 11.5 Å². The number of hydrogen-bond donors (Lipinski definition) is 0. The molecule has 0 saturated heterocycles. The van der Waals surface area contributed by atoms with Gasteiger partial charge in [0.1, 0.15) is 17.7 Å². The topological polar surface area (TPSA) is 66.0 Å². The molecule has 0 spiro atoms. The molecular weight excluding hydrogens is 348 g/mol. The quantitative estimate of drug-likeness (QED) is 0.662. The molecule has 2 rings (SSSR count). The highest BCUT2D eigenvalue weighted by Crippen LogP contribution is 2.40. The lowest BCUT2D eigenvalue weighted by molar-refractivity contribution is 0.354. The molecule has 0 amide bonds. The second kappa shape index (κ2) is 8.13. The molecular formula is C21H21ClN2O2. The van der Waals surface area contributed by atoms with Gasteiger partial charge in [0, 0.05) is 0 Å². The summed E-state index contributed by atoms with van der Waals surface area (Å²) in [6.07, 6.45) is 7.44. The highest BCUT2D eigenvalue weighted by molar-refractivity contribution is 6.32. The van der Waals surface area contributed by atoms with Crippen LogP contribution in [0.4, 0.5) is 0 Å². The van der Waals surface area contributed by atoms with Gasteiger partial charge < -0.3 is 9.47 Å². The Morgan fingerprint density at radius 2 is 1.81 bits per heavy atom. The largest absolute Gasteiger partial charge is 0.493 e. The Labute approximate surface area is 159 Å². The first-order chi connectivity index (χ1) is 12.3. The third kappa shape index (κ3) is 4.48. The summed E-state index contributed by atoms with van der Waals surface area (Å²) in [6, 6.07) is 7.64. The highest BCUT2D eigenvalue weighted by atomic mass is 35.5. The molecule has 26 heavy (non-hydrogen) atoms. The molecule has 0 unspecified atom stereocenters. The van der Waals surface area contributed by atoms with Crippen LogP contribution in [0.15, 0.2) is 41.0 Å². The van der Waals surface area contributed by atoms with Crippen LogP contribution in [-0.4, -0.2) is 14.2 Å². The van der Waals surface area contributed by atoms with Crippen molar-refractivity contribution in [3.63, 3.8) is 0 Å². The minimum Gasteiger partial charge on any atom is -0.493 e. The number of allylic oxidation sites excluding steroid dienone is 5. The molecule has 1 aromatic carbocycles.